The molecule has 4 rings (SSSR count). The Morgan fingerprint density at radius 2 is 1.73 bits per heavy atom. The molecule has 5 unspecified atom stereocenters. The Morgan fingerprint density at radius 1 is 1.00 bits per heavy atom. The summed E-state index contributed by atoms with van der Waals surface area (Å²) in [5.41, 5.74) is 1.95. The SMILES string of the molecule is COc1cc2c(cc1OS(N)(=O)=O)CCC1C2CCC2(C)C(OS(N)(=O)=O)CCC12. The zero-order valence-electron chi connectivity index (χ0n) is 17.0. The first-order chi connectivity index (χ1) is 13.9. The van der Waals surface area contributed by atoms with Crippen LogP contribution in [0.3, 0.4) is 0 Å². The second-order valence-corrected chi connectivity index (χ2v) is 11.2. The van der Waals surface area contributed by atoms with Gasteiger partial charge in [0.15, 0.2) is 11.5 Å². The van der Waals surface area contributed by atoms with Crippen molar-refractivity contribution >= 4 is 20.6 Å². The summed E-state index contributed by atoms with van der Waals surface area (Å²) in [6.45, 7) is 2.12. The zero-order chi connectivity index (χ0) is 21.9. The van der Waals surface area contributed by atoms with Gasteiger partial charge < -0.3 is 8.92 Å². The molecule has 11 heteroatoms. The van der Waals surface area contributed by atoms with Crippen LogP contribution in [0.15, 0.2) is 12.1 Å². The van der Waals surface area contributed by atoms with E-state index >= 15 is 0 Å². The molecule has 0 radical (unpaired) electrons. The monoisotopic (exact) mass is 460 g/mol. The van der Waals surface area contributed by atoms with Gasteiger partial charge in [-0.3, -0.25) is 4.18 Å². The van der Waals surface area contributed by atoms with Crippen molar-refractivity contribution in [1.29, 1.82) is 0 Å². The molecule has 2 fully saturated rings. The molecule has 5 atom stereocenters. The van der Waals surface area contributed by atoms with Gasteiger partial charge in [-0.2, -0.15) is 22.0 Å². The molecule has 9 nitrogen and oxygen atoms in total. The molecule has 4 N–H and O–H groups in total. The van der Waals surface area contributed by atoms with E-state index in [0.29, 0.717) is 24.0 Å². The average molecular weight is 461 g/mol. The highest BCUT2D eigenvalue weighted by molar-refractivity contribution is 7.84. The summed E-state index contributed by atoms with van der Waals surface area (Å²) in [5.74, 6) is 1.44. The summed E-state index contributed by atoms with van der Waals surface area (Å²) in [6, 6.07) is 3.58. The summed E-state index contributed by atoms with van der Waals surface area (Å²) in [6.07, 6.45) is 4.61. The van der Waals surface area contributed by atoms with Crippen LogP contribution >= 0.6 is 0 Å². The highest BCUT2D eigenvalue weighted by Crippen LogP contribution is 2.62. The van der Waals surface area contributed by atoms with E-state index in [0.717, 1.165) is 43.2 Å². The largest absolute Gasteiger partial charge is 0.493 e. The summed E-state index contributed by atoms with van der Waals surface area (Å²) in [7, 11) is -6.69. The van der Waals surface area contributed by atoms with Crippen molar-refractivity contribution in [2.45, 2.75) is 57.5 Å². The number of nitrogens with two attached hydrogens (primary N) is 2. The van der Waals surface area contributed by atoms with Crippen molar-refractivity contribution in [2.24, 2.45) is 27.5 Å². The van der Waals surface area contributed by atoms with Crippen LogP contribution in [-0.4, -0.2) is 30.0 Å². The Labute approximate surface area is 177 Å². The lowest BCUT2D eigenvalue weighted by molar-refractivity contribution is -0.00805. The molecule has 0 heterocycles. The maximum Gasteiger partial charge on any atom is 0.380 e. The summed E-state index contributed by atoms with van der Waals surface area (Å²) in [5, 5.41) is 10.2. The van der Waals surface area contributed by atoms with E-state index in [-0.39, 0.29) is 23.2 Å². The summed E-state index contributed by atoms with van der Waals surface area (Å²) < 4.78 is 61.4. The predicted molar refractivity (Wildman–Crippen MR) is 109 cm³/mol. The van der Waals surface area contributed by atoms with Crippen LogP contribution in [0.25, 0.3) is 0 Å². The van der Waals surface area contributed by atoms with Gasteiger partial charge in [-0.1, -0.05) is 6.92 Å². The van der Waals surface area contributed by atoms with Crippen molar-refractivity contribution < 1.29 is 29.9 Å². The second kappa shape index (κ2) is 7.33. The normalized spacial score (nSPS) is 33.3. The fourth-order valence-electron chi connectivity index (χ4n) is 6.20. The van der Waals surface area contributed by atoms with Crippen molar-refractivity contribution in [2.75, 3.05) is 7.11 Å². The van der Waals surface area contributed by atoms with E-state index in [1.165, 1.54) is 7.11 Å². The molecule has 0 aliphatic heterocycles. The number of fused-ring (bicyclic) bond motifs is 5. The standard InChI is InChI=1S/C19H28N2O7S2/c1-19-8-7-12-13(15(19)5-6-18(19)28-30(21,24)25)4-3-11-9-17(27-29(20,22)23)16(26-2)10-14(11)12/h9-10,12-13,15,18H,3-8H2,1-2H3,(H2,20,22,23)(H2,21,24,25). The average Bonchev–Trinajstić information content (AvgIpc) is 2.94. The van der Waals surface area contributed by atoms with Crippen LogP contribution in [0.1, 0.15) is 56.1 Å². The van der Waals surface area contributed by atoms with Crippen LogP contribution < -0.4 is 19.2 Å². The smallest absolute Gasteiger partial charge is 0.380 e. The quantitative estimate of drug-likeness (QED) is 0.679. The van der Waals surface area contributed by atoms with E-state index in [4.69, 9.17) is 23.4 Å². The number of hydrogen-bond acceptors (Lipinski definition) is 7. The minimum atomic E-state index is -4.15. The van der Waals surface area contributed by atoms with Gasteiger partial charge in [0, 0.05) is 0 Å². The van der Waals surface area contributed by atoms with Crippen LogP contribution in [-0.2, 0) is 31.2 Å². The second-order valence-electron chi connectivity index (χ2n) is 8.89. The molecule has 0 aromatic heterocycles. The van der Waals surface area contributed by atoms with Crippen LogP contribution in [0.5, 0.6) is 11.5 Å². The molecule has 1 aromatic rings. The Balaban J connectivity index is 1.65. The molecule has 30 heavy (non-hydrogen) atoms. The lowest BCUT2D eigenvalue weighted by atomic mass is 9.55. The van der Waals surface area contributed by atoms with Gasteiger partial charge in [0.25, 0.3) is 0 Å². The van der Waals surface area contributed by atoms with E-state index in [1.807, 2.05) is 6.07 Å². The first kappa shape index (κ1) is 21.8. The first-order valence-corrected chi connectivity index (χ1v) is 13.0. The third-order valence-electron chi connectivity index (χ3n) is 7.38. The number of benzene rings is 1. The van der Waals surface area contributed by atoms with Gasteiger partial charge in [-0.25, -0.2) is 5.14 Å². The zero-order valence-corrected chi connectivity index (χ0v) is 18.7. The number of methoxy groups -OCH3 is 1. The number of aryl methyl sites for hydroxylation is 1. The Morgan fingerprint density at radius 3 is 2.37 bits per heavy atom. The maximum atomic E-state index is 11.5. The molecule has 0 amide bonds. The molecule has 1 aromatic carbocycles. The third kappa shape index (κ3) is 3.93. The topological polar surface area (TPSA) is 148 Å². The minimum Gasteiger partial charge on any atom is -0.493 e. The van der Waals surface area contributed by atoms with Gasteiger partial charge in [-0.05, 0) is 85.0 Å². The van der Waals surface area contributed by atoms with Gasteiger partial charge in [0.1, 0.15) is 0 Å². The summed E-state index contributed by atoms with van der Waals surface area (Å²) in [4.78, 5) is 0. The molecular weight excluding hydrogens is 432 g/mol. The van der Waals surface area contributed by atoms with Crippen molar-refractivity contribution in [3.8, 4) is 11.5 Å². The number of hydrogen-bond donors (Lipinski definition) is 2. The molecule has 2 saturated carbocycles. The minimum absolute atomic E-state index is 0.0975. The van der Waals surface area contributed by atoms with Crippen LogP contribution in [0.4, 0.5) is 0 Å². The lowest BCUT2D eigenvalue weighted by Gasteiger charge is -2.50. The first-order valence-electron chi connectivity index (χ1n) is 10.1. The fourth-order valence-corrected chi connectivity index (χ4v) is 7.22. The summed E-state index contributed by atoms with van der Waals surface area (Å²) >= 11 is 0. The molecule has 0 spiro atoms. The molecule has 3 aliphatic rings. The van der Waals surface area contributed by atoms with E-state index in [1.54, 1.807) is 6.07 Å². The van der Waals surface area contributed by atoms with Crippen molar-refractivity contribution in [1.82, 2.24) is 0 Å². The Hall–Kier alpha value is -1.40. The third-order valence-corrected chi connectivity index (χ3v) is 8.29. The fraction of sp³-hybridized carbons (Fsp3) is 0.684. The van der Waals surface area contributed by atoms with Gasteiger partial charge >= 0.3 is 20.6 Å². The Kier molecular flexibility index (Phi) is 5.33. The van der Waals surface area contributed by atoms with Crippen molar-refractivity contribution in [3.05, 3.63) is 23.3 Å². The van der Waals surface area contributed by atoms with E-state index < -0.39 is 20.6 Å². The highest BCUT2D eigenvalue weighted by atomic mass is 32.2. The number of rotatable bonds is 5. The Bertz CT molecular complexity index is 1060. The molecular formula is C19H28N2O7S2. The molecule has 0 bridgehead atoms. The molecule has 0 saturated heterocycles. The van der Waals surface area contributed by atoms with Crippen molar-refractivity contribution in [3.63, 3.8) is 0 Å². The van der Waals surface area contributed by atoms with Crippen LogP contribution in [0, 0.1) is 17.3 Å². The van der Waals surface area contributed by atoms with E-state index in [2.05, 4.69) is 6.92 Å². The molecule has 168 valence electrons. The molecule has 3 aliphatic carbocycles. The number of ether oxygens (including phenoxy) is 1. The van der Waals surface area contributed by atoms with Gasteiger partial charge in [0.05, 0.1) is 13.2 Å². The lowest BCUT2D eigenvalue weighted by Crippen LogP contribution is -2.45. The maximum absolute atomic E-state index is 11.5. The highest BCUT2D eigenvalue weighted by Gasteiger charge is 2.56. The van der Waals surface area contributed by atoms with E-state index in [9.17, 15) is 16.8 Å². The van der Waals surface area contributed by atoms with Gasteiger partial charge in [-0.15, -0.1) is 0 Å². The van der Waals surface area contributed by atoms with Crippen LogP contribution in [0.2, 0.25) is 0 Å². The predicted octanol–water partition coefficient (Wildman–Crippen LogP) is 1.72. The van der Waals surface area contributed by atoms with Gasteiger partial charge in [0.2, 0.25) is 0 Å².